The number of thiophene rings is 2. The molecule has 1 aromatic carbocycles. The van der Waals surface area contributed by atoms with Gasteiger partial charge in [-0.2, -0.15) is 0 Å². The summed E-state index contributed by atoms with van der Waals surface area (Å²) in [4.78, 5) is 34.3. The highest BCUT2D eigenvalue weighted by atomic mass is 35.5. The zero-order valence-corrected chi connectivity index (χ0v) is 19.3. The standard InChI is InChI=1S/C22H19ClN4O3S2/c23-14-3-4-17(26-5-7-30-8-6-26)16(10-14)25-19(28)11-27-13-24-21-20(22(27)29)15(12-32-21)18-2-1-9-31-18/h1-4,9-10,12-13H,5-8,11H2,(H,25,28). The molecule has 10 heteroatoms. The fraction of sp³-hybridized carbons (Fsp3) is 0.227. The summed E-state index contributed by atoms with van der Waals surface area (Å²) in [7, 11) is 0. The first-order valence-electron chi connectivity index (χ1n) is 10.0. The van der Waals surface area contributed by atoms with Gasteiger partial charge in [0.05, 0.1) is 36.3 Å². The van der Waals surface area contributed by atoms with Gasteiger partial charge in [-0.05, 0) is 29.6 Å². The molecule has 0 saturated carbocycles. The molecule has 1 aliphatic heterocycles. The first kappa shape index (κ1) is 21.1. The van der Waals surface area contributed by atoms with E-state index in [1.165, 1.54) is 22.2 Å². The van der Waals surface area contributed by atoms with E-state index in [4.69, 9.17) is 16.3 Å². The number of hydrogen-bond acceptors (Lipinski definition) is 7. The van der Waals surface area contributed by atoms with Gasteiger partial charge in [-0.3, -0.25) is 14.2 Å². The molecular weight excluding hydrogens is 468 g/mol. The topological polar surface area (TPSA) is 76.5 Å². The van der Waals surface area contributed by atoms with E-state index < -0.39 is 0 Å². The monoisotopic (exact) mass is 486 g/mol. The number of anilines is 2. The van der Waals surface area contributed by atoms with Crippen LogP contribution in [0.2, 0.25) is 5.02 Å². The smallest absolute Gasteiger partial charge is 0.263 e. The second kappa shape index (κ2) is 9.03. The number of hydrogen-bond donors (Lipinski definition) is 1. The zero-order valence-electron chi connectivity index (χ0n) is 16.9. The highest BCUT2D eigenvalue weighted by Gasteiger charge is 2.18. The predicted molar refractivity (Wildman–Crippen MR) is 130 cm³/mol. The minimum atomic E-state index is -0.321. The van der Waals surface area contributed by atoms with E-state index in [0.717, 1.165) is 29.2 Å². The third-order valence-corrected chi connectivity index (χ3v) is 7.27. The second-order valence-electron chi connectivity index (χ2n) is 7.29. The van der Waals surface area contributed by atoms with Crippen LogP contribution in [-0.4, -0.2) is 41.8 Å². The van der Waals surface area contributed by atoms with Crippen molar-refractivity contribution in [3.63, 3.8) is 0 Å². The summed E-state index contributed by atoms with van der Waals surface area (Å²) in [5, 5.41) is 7.90. The van der Waals surface area contributed by atoms with Crippen LogP contribution in [-0.2, 0) is 16.1 Å². The molecule has 0 atom stereocenters. The molecule has 1 amide bonds. The molecule has 0 spiro atoms. The molecule has 0 aliphatic carbocycles. The van der Waals surface area contributed by atoms with E-state index in [1.807, 2.05) is 29.0 Å². The van der Waals surface area contributed by atoms with Crippen LogP contribution in [0, 0.1) is 0 Å². The van der Waals surface area contributed by atoms with Crippen molar-refractivity contribution < 1.29 is 9.53 Å². The summed E-state index contributed by atoms with van der Waals surface area (Å²) in [6, 6.07) is 9.34. The number of fused-ring (bicyclic) bond motifs is 1. The third-order valence-electron chi connectivity index (χ3n) is 5.25. The Morgan fingerprint density at radius 1 is 1.22 bits per heavy atom. The quantitative estimate of drug-likeness (QED) is 0.454. The summed E-state index contributed by atoms with van der Waals surface area (Å²) >= 11 is 9.18. The highest BCUT2D eigenvalue weighted by molar-refractivity contribution is 7.18. The number of carbonyl (C=O) groups is 1. The van der Waals surface area contributed by atoms with Crippen LogP contribution in [0.1, 0.15) is 0 Å². The molecule has 0 bridgehead atoms. The van der Waals surface area contributed by atoms with E-state index in [0.29, 0.717) is 34.1 Å². The molecule has 1 N–H and O–H groups in total. The van der Waals surface area contributed by atoms with Crippen LogP contribution in [0.15, 0.2) is 52.2 Å². The lowest BCUT2D eigenvalue weighted by Crippen LogP contribution is -2.37. The Balaban J connectivity index is 1.41. The van der Waals surface area contributed by atoms with Crippen LogP contribution in [0.4, 0.5) is 11.4 Å². The minimum Gasteiger partial charge on any atom is -0.378 e. The van der Waals surface area contributed by atoms with Crippen LogP contribution in [0.5, 0.6) is 0 Å². The minimum absolute atomic E-state index is 0.142. The van der Waals surface area contributed by atoms with Gasteiger partial charge in [0, 0.05) is 33.9 Å². The summed E-state index contributed by atoms with van der Waals surface area (Å²) in [5.41, 5.74) is 2.12. The van der Waals surface area contributed by atoms with E-state index in [-0.39, 0.29) is 18.0 Å². The van der Waals surface area contributed by atoms with E-state index >= 15 is 0 Å². The normalized spacial score (nSPS) is 14.1. The van der Waals surface area contributed by atoms with Gasteiger partial charge >= 0.3 is 0 Å². The van der Waals surface area contributed by atoms with Crippen molar-refractivity contribution >= 4 is 61.8 Å². The largest absolute Gasteiger partial charge is 0.378 e. The maximum Gasteiger partial charge on any atom is 0.263 e. The molecule has 1 fully saturated rings. The number of benzene rings is 1. The molecule has 0 radical (unpaired) electrons. The predicted octanol–water partition coefficient (Wildman–Crippen LogP) is 4.32. The number of nitrogens with zero attached hydrogens (tertiary/aromatic N) is 3. The van der Waals surface area contributed by atoms with Crippen molar-refractivity contribution in [2.45, 2.75) is 6.54 Å². The van der Waals surface area contributed by atoms with Crippen LogP contribution in [0.3, 0.4) is 0 Å². The van der Waals surface area contributed by atoms with E-state index in [2.05, 4.69) is 15.2 Å². The number of morpholine rings is 1. The van der Waals surface area contributed by atoms with E-state index in [1.54, 1.807) is 23.5 Å². The molecule has 1 aliphatic rings. The maximum absolute atomic E-state index is 13.2. The molecule has 4 aromatic rings. The van der Waals surface area contributed by atoms with Crippen molar-refractivity contribution in [1.82, 2.24) is 9.55 Å². The molecule has 164 valence electrons. The molecule has 3 aromatic heterocycles. The van der Waals surface area contributed by atoms with Crippen molar-refractivity contribution in [3.8, 4) is 10.4 Å². The van der Waals surface area contributed by atoms with E-state index in [9.17, 15) is 9.59 Å². The Kier molecular flexibility index (Phi) is 5.97. The number of nitrogens with one attached hydrogen (secondary N) is 1. The van der Waals surface area contributed by atoms with Crippen LogP contribution < -0.4 is 15.8 Å². The average Bonchev–Trinajstić information content (AvgIpc) is 3.46. The van der Waals surface area contributed by atoms with Crippen molar-refractivity contribution in [2.24, 2.45) is 0 Å². The molecule has 1 saturated heterocycles. The summed E-state index contributed by atoms with van der Waals surface area (Å²) in [6.07, 6.45) is 1.43. The molecule has 5 rings (SSSR count). The van der Waals surface area contributed by atoms with Gasteiger partial charge in [0.25, 0.3) is 5.56 Å². The number of rotatable bonds is 5. The third kappa shape index (κ3) is 4.16. The lowest BCUT2D eigenvalue weighted by Gasteiger charge is -2.30. The van der Waals surface area contributed by atoms with Gasteiger partial charge in [-0.1, -0.05) is 17.7 Å². The Labute approximate surface area is 196 Å². The SMILES string of the molecule is O=C(Cn1cnc2scc(-c3cccs3)c2c1=O)Nc1cc(Cl)ccc1N1CCOCC1. The lowest BCUT2D eigenvalue weighted by atomic mass is 10.2. The van der Waals surface area contributed by atoms with Gasteiger partial charge in [-0.25, -0.2) is 4.98 Å². The Morgan fingerprint density at radius 2 is 2.06 bits per heavy atom. The second-order valence-corrected chi connectivity index (χ2v) is 9.54. The fourth-order valence-electron chi connectivity index (χ4n) is 3.73. The zero-order chi connectivity index (χ0) is 22.1. The Hall–Kier alpha value is -2.72. The number of aromatic nitrogens is 2. The number of carbonyl (C=O) groups excluding carboxylic acids is 1. The molecule has 7 nitrogen and oxygen atoms in total. The van der Waals surface area contributed by atoms with Crippen molar-refractivity contribution in [2.75, 3.05) is 36.5 Å². The first-order chi connectivity index (χ1) is 15.6. The number of ether oxygens (including phenoxy) is 1. The van der Waals surface area contributed by atoms with Crippen molar-refractivity contribution in [3.05, 3.63) is 62.8 Å². The van der Waals surface area contributed by atoms with Gasteiger partial charge in [0.2, 0.25) is 5.91 Å². The first-order valence-corrected chi connectivity index (χ1v) is 12.2. The highest BCUT2D eigenvalue weighted by Crippen LogP contribution is 2.33. The molecule has 0 unspecified atom stereocenters. The molecule has 32 heavy (non-hydrogen) atoms. The Bertz CT molecular complexity index is 1330. The molecule has 4 heterocycles. The van der Waals surface area contributed by atoms with Crippen LogP contribution in [0.25, 0.3) is 20.7 Å². The summed E-state index contributed by atoms with van der Waals surface area (Å²) in [6.45, 7) is 2.58. The lowest BCUT2D eigenvalue weighted by molar-refractivity contribution is -0.116. The van der Waals surface area contributed by atoms with Crippen molar-refractivity contribution in [1.29, 1.82) is 0 Å². The Morgan fingerprint density at radius 3 is 2.84 bits per heavy atom. The fourth-order valence-corrected chi connectivity index (χ4v) is 5.62. The maximum atomic E-state index is 13.2. The summed E-state index contributed by atoms with van der Waals surface area (Å²) in [5.74, 6) is -0.321. The van der Waals surface area contributed by atoms with Crippen LogP contribution >= 0.6 is 34.3 Å². The van der Waals surface area contributed by atoms with Gasteiger partial charge < -0.3 is 15.0 Å². The number of halogens is 1. The van der Waals surface area contributed by atoms with Gasteiger partial charge in [-0.15, -0.1) is 22.7 Å². The molecular formula is C22H19ClN4O3S2. The number of amides is 1. The summed E-state index contributed by atoms with van der Waals surface area (Å²) < 4.78 is 6.77. The average molecular weight is 487 g/mol. The van der Waals surface area contributed by atoms with Gasteiger partial charge in [0.1, 0.15) is 11.4 Å². The van der Waals surface area contributed by atoms with Gasteiger partial charge in [0.15, 0.2) is 0 Å².